The van der Waals surface area contributed by atoms with E-state index in [1.165, 1.54) is 13.2 Å². The second kappa shape index (κ2) is 6.78. The minimum Gasteiger partial charge on any atom is -0.503 e. The minimum atomic E-state index is -0.267. The Kier molecular flexibility index (Phi) is 4.70. The molecule has 25 heavy (non-hydrogen) atoms. The zero-order valence-corrected chi connectivity index (χ0v) is 14.9. The maximum atomic E-state index is 12.3. The Morgan fingerprint density at radius 1 is 1.36 bits per heavy atom. The first-order chi connectivity index (χ1) is 11.9. The molecule has 0 aliphatic carbocycles. The molecule has 5 nitrogen and oxygen atoms in total. The van der Waals surface area contributed by atoms with E-state index in [1.54, 1.807) is 24.3 Å². The highest BCUT2D eigenvalue weighted by Crippen LogP contribution is 2.36. The van der Waals surface area contributed by atoms with Crippen molar-refractivity contribution in [1.29, 1.82) is 0 Å². The van der Waals surface area contributed by atoms with Gasteiger partial charge in [-0.3, -0.25) is 4.79 Å². The SMILES string of the molecule is COc1cc(/C=C(/Cl)c2nc3c(C)cccc3c(=O)[nH]2)cc(Cl)c1O. The summed E-state index contributed by atoms with van der Waals surface area (Å²) in [6, 6.07) is 8.50. The summed E-state index contributed by atoms with van der Waals surface area (Å²) in [6.07, 6.45) is 1.58. The highest BCUT2D eigenvalue weighted by Gasteiger charge is 2.11. The van der Waals surface area contributed by atoms with E-state index in [9.17, 15) is 9.90 Å². The number of hydrogen-bond acceptors (Lipinski definition) is 4. The predicted octanol–water partition coefficient (Wildman–Crippen LogP) is 4.34. The second-order valence-electron chi connectivity index (χ2n) is 5.43. The standard InChI is InChI=1S/C18H14Cl2N2O3/c1-9-4-3-5-11-15(9)21-17(22-18(11)24)13(20)7-10-6-12(19)16(23)14(8-10)25-2/h3-8,23H,1-2H3,(H,21,22,24)/b13-7+. The van der Waals surface area contributed by atoms with Gasteiger partial charge in [-0.15, -0.1) is 0 Å². The van der Waals surface area contributed by atoms with E-state index in [1.807, 2.05) is 13.0 Å². The highest BCUT2D eigenvalue weighted by atomic mass is 35.5. The van der Waals surface area contributed by atoms with Crippen LogP contribution in [0.2, 0.25) is 5.02 Å². The number of nitrogens with zero attached hydrogens (tertiary/aromatic N) is 1. The van der Waals surface area contributed by atoms with E-state index in [2.05, 4.69) is 9.97 Å². The van der Waals surface area contributed by atoms with Crippen LogP contribution in [-0.2, 0) is 0 Å². The number of benzene rings is 2. The average molecular weight is 377 g/mol. The second-order valence-corrected chi connectivity index (χ2v) is 6.25. The lowest BCUT2D eigenvalue weighted by atomic mass is 10.1. The summed E-state index contributed by atoms with van der Waals surface area (Å²) < 4.78 is 5.07. The van der Waals surface area contributed by atoms with Crippen LogP contribution in [-0.4, -0.2) is 22.2 Å². The summed E-state index contributed by atoms with van der Waals surface area (Å²) in [5.74, 6) is 0.320. The monoisotopic (exact) mass is 376 g/mol. The Balaban J connectivity index is 2.12. The van der Waals surface area contributed by atoms with Crippen LogP contribution in [0.4, 0.5) is 0 Å². The fraction of sp³-hybridized carbons (Fsp3) is 0.111. The number of aromatic amines is 1. The summed E-state index contributed by atoms with van der Waals surface area (Å²) in [4.78, 5) is 19.4. The van der Waals surface area contributed by atoms with Gasteiger partial charge in [0.05, 0.1) is 28.1 Å². The Morgan fingerprint density at radius 2 is 2.12 bits per heavy atom. The lowest BCUT2D eigenvalue weighted by molar-refractivity contribution is 0.373. The Morgan fingerprint density at radius 3 is 2.84 bits per heavy atom. The number of H-pyrrole nitrogens is 1. The Bertz CT molecular complexity index is 1060. The van der Waals surface area contributed by atoms with Crippen molar-refractivity contribution in [3.8, 4) is 11.5 Å². The number of fused-ring (bicyclic) bond motifs is 1. The summed E-state index contributed by atoms with van der Waals surface area (Å²) in [6.45, 7) is 1.88. The number of halogens is 2. The van der Waals surface area contributed by atoms with Crippen LogP contribution in [0.3, 0.4) is 0 Å². The fourth-order valence-corrected chi connectivity index (χ4v) is 2.90. The van der Waals surface area contributed by atoms with E-state index < -0.39 is 0 Å². The fourth-order valence-electron chi connectivity index (χ4n) is 2.47. The molecule has 0 bridgehead atoms. The number of rotatable bonds is 3. The first-order valence-electron chi connectivity index (χ1n) is 7.34. The molecule has 0 spiro atoms. The molecule has 1 aromatic heterocycles. The van der Waals surface area contributed by atoms with Crippen LogP contribution >= 0.6 is 23.2 Å². The number of aromatic nitrogens is 2. The van der Waals surface area contributed by atoms with Gasteiger partial charge < -0.3 is 14.8 Å². The van der Waals surface area contributed by atoms with E-state index in [0.29, 0.717) is 16.5 Å². The molecular weight excluding hydrogens is 363 g/mol. The number of aromatic hydroxyl groups is 1. The third-order valence-corrected chi connectivity index (χ3v) is 4.30. The molecule has 0 aliphatic rings. The molecule has 3 rings (SSSR count). The molecule has 0 aliphatic heterocycles. The van der Waals surface area contributed by atoms with E-state index in [-0.39, 0.29) is 32.9 Å². The van der Waals surface area contributed by atoms with Crippen molar-refractivity contribution in [2.75, 3.05) is 7.11 Å². The maximum absolute atomic E-state index is 12.3. The molecule has 0 atom stereocenters. The van der Waals surface area contributed by atoms with Crippen LogP contribution < -0.4 is 10.3 Å². The molecule has 0 amide bonds. The number of phenols is 1. The Hall–Kier alpha value is -2.50. The third kappa shape index (κ3) is 3.34. The van der Waals surface area contributed by atoms with Crippen molar-refractivity contribution in [1.82, 2.24) is 9.97 Å². The highest BCUT2D eigenvalue weighted by molar-refractivity contribution is 6.50. The van der Waals surface area contributed by atoms with Crippen LogP contribution in [0, 0.1) is 6.92 Å². The van der Waals surface area contributed by atoms with Gasteiger partial charge in [0.15, 0.2) is 17.3 Å². The lowest BCUT2D eigenvalue weighted by Crippen LogP contribution is -2.11. The van der Waals surface area contributed by atoms with Crippen molar-refractivity contribution >= 4 is 45.2 Å². The number of para-hydroxylation sites is 1. The molecular formula is C18H14Cl2N2O3. The summed E-state index contributed by atoms with van der Waals surface area (Å²) in [7, 11) is 1.42. The van der Waals surface area contributed by atoms with E-state index in [0.717, 1.165) is 5.56 Å². The quantitative estimate of drug-likeness (QED) is 0.712. The van der Waals surface area contributed by atoms with Crippen molar-refractivity contribution in [3.05, 3.63) is 62.7 Å². The van der Waals surface area contributed by atoms with Crippen molar-refractivity contribution in [2.45, 2.75) is 6.92 Å². The molecule has 0 saturated heterocycles. The van der Waals surface area contributed by atoms with Crippen molar-refractivity contribution < 1.29 is 9.84 Å². The van der Waals surface area contributed by atoms with E-state index >= 15 is 0 Å². The zero-order chi connectivity index (χ0) is 18.1. The lowest BCUT2D eigenvalue weighted by Gasteiger charge is -2.07. The first kappa shape index (κ1) is 17.3. The summed E-state index contributed by atoms with van der Waals surface area (Å²) in [5, 5.41) is 10.6. The Labute approximate surface area is 153 Å². The number of methoxy groups -OCH3 is 1. The summed E-state index contributed by atoms with van der Waals surface area (Å²) >= 11 is 12.3. The van der Waals surface area contributed by atoms with Crippen molar-refractivity contribution in [3.63, 3.8) is 0 Å². The number of aryl methyl sites for hydroxylation is 1. The molecule has 0 unspecified atom stereocenters. The molecule has 128 valence electrons. The number of phenolic OH excluding ortho intramolecular Hbond substituents is 1. The molecule has 1 heterocycles. The van der Waals surface area contributed by atoms with Gasteiger partial charge in [0, 0.05) is 0 Å². The van der Waals surface area contributed by atoms with Gasteiger partial charge in [-0.1, -0.05) is 35.3 Å². The van der Waals surface area contributed by atoms with E-state index in [4.69, 9.17) is 27.9 Å². The maximum Gasteiger partial charge on any atom is 0.259 e. The molecule has 0 saturated carbocycles. The van der Waals surface area contributed by atoms with Gasteiger partial charge in [0.25, 0.3) is 5.56 Å². The largest absolute Gasteiger partial charge is 0.503 e. The number of hydrogen-bond donors (Lipinski definition) is 2. The van der Waals surface area contributed by atoms with Gasteiger partial charge in [-0.2, -0.15) is 0 Å². The van der Waals surface area contributed by atoms with Crippen LogP contribution in [0.25, 0.3) is 22.0 Å². The van der Waals surface area contributed by atoms with Gasteiger partial charge in [0.2, 0.25) is 0 Å². The predicted molar refractivity (Wildman–Crippen MR) is 100 cm³/mol. The number of nitrogens with one attached hydrogen (secondary N) is 1. The van der Waals surface area contributed by atoms with Crippen LogP contribution in [0.1, 0.15) is 17.0 Å². The minimum absolute atomic E-state index is 0.130. The zero-order valence-electron chi connectivity index (χ0n) is 13.4. The van der Waals surface area contributed by atoms with Crippen LogP contribution in [0.5, 0.6) is 11.5 Å². The van der Waals surface area contributed by atoms with Gasteiger partial charge in [-0.25, -0.2) is 4.98 Å². The molecule has 2 aromatic carbocycles. The number of ether oxygens (including phenoxy) is 1. The van der Waals surface area contributed by atoms with Gasteiger partial charge in [0.1, 0.15) is 0 Å². The van der Waals surface area contributed by atoms with Crippen LogP contribution in [0.15, 0.2) is 35.1 Å². The summed E-state index contributed by atoms with van der Waals surface area (Å²) in [5.41, 5.74) is 1.80. The molecule has 3 aromatic rings. The first-order valence-corrected chi connectivity index (χ1v) is 8.10. The molecule has 0 radical (unpaired) electrons. The normalized spacial score (nSPS) is 11.8. The molecule has 0 fully saturated rings. The third-order valence-electron chi connectivity index (χ3n) is 3.73. The van der Waals surface area contributed by atoms with Gasteiger partial charge in [-0.05, 0) is 42.3 Å². The average Bonchev–Trinajstić information content (AvgIpc) is 2.58. The van der Waals surface area contributed by atoms with Crippen molar-refractivity contribution in [2.24, 2.45) is 0 Å². The topological polar surface area (TPSA) is 75.2 Å². The van der Waals surface area contributed by atoms with Gasteiger partial charge >= 0.3 is 0 Å². The molecule has 7 heteroatoms. The molecule has 2 N–H and O–H groups in total. The smallest absolute Gasteiger partial charge is 0.259 e.